The fourth-order valence-corrected chi connectivity index (χ4v) is 1.95. The number of nitrogen functional groups attached to an aromatic ring is 1. The molecule has 0 atom stereocenters. The standard InChI is InChI=1S/C11H12N4S/c1-7-4-3-5-9(6-7)14-15-10-8(2)13-11(12)16-10/h3-6H,1-2H3,(H2,12,13). The Morgan fingerprint density at radius 2 is 2.06 bits per heavy atom. The van der Waals surface area contributed by atoms with E-state index in [0.717, 1.165) is 21.9 Å². The molecule has 0 unspecified atom stereocenters. The first-order valence-corrected chi connectivity index (χ1v) is 5.68. The zero-order chi connectivity index (χ0) is 11.5. The Hall–Kier alpha value is -1.75. The highest BCUT2D eigenvalue weighted by Gasteiger charge is 2.03. The molecule has 0 spiro atoms. The highest BCUT2D eigenvalue weighted by atomic mass is 32.1. The fraction of sp³-hybridized carbons (Fsp3) is 0.182. The van der Waals surface area contributed by atoms with Gasteiger partial charge in [0, 0.05) is 0 Å². The van der Waals surface area contributed by atoms with Crippen LogP contribution in [0.15, 0.2) is 34.5 Å². The molecule has 0 radical (unpaired) electrons. The second kappa shape index (κ2) is 4.40. The van der Waals surface area contributed by atoms with E-state index in [4.69, 9.17) is 5.73 Å². The molecule has 0 saturated heterocycles. The van der Waals surface area contributed by atoms with Crippen LogP contribution < -0.4 is 5.73 Å². The number of thiazole rings is 1. The lowest BCUT2D eigenvalue weighted by Gasteiger charge is -1.93. The summed E-state index contributed by atoms with van der Waals surface area (Å²) in [6.07, 6.45) is 0. The van der Waals surface area contributed by atoms with Crippen LogP contribution in [0, 0.1) is 13.8 Å². The van der Waals surface area contributed by atoms with Crippen molar-refractivity contribution in [2.45, 2.75) is 13.8 Å². The summed E-state index contributed by atoms with van der Waals surface area (Å²) in [6.45, 7) is 3.90. The number of anilines is 1. The van der Waals surface area contributed by atoms with Crippen LogP contribution in [0.1, 0.15) is 11.3 Å². The van der Waals surface area contributed by atoms with E-state index >= 15 is 0 Å². The van der Waals surface area contributed by atoms with Gasteiger partial charge in [-0.25, -0.2) is 4.98 Å². The van der Waals surface area contributed by atoms with Gasteiger partial charge in [-0.3, -0.25) is 0 Å². The largest absolute Gasteiger partial charge is 0.375 e. The summed E-state index contributed by atoms with van der Waals surface area (Å²) in [6, 6.07) is 7.87. The maximum Gasteiger partial charge on any atom is 0.182 e. The summed E-state index contributed by atoms with van der Waals surface area (Å²) in [5.74, 6) is 0. The maximum absolute atomic E-state index is 5.58. The van der Waals surface area contributed by atoms with Crippen molar-refractivity contribution in [1.82, 2.24) is 4.98 Å². The van der Waals surface area contributed by atoms with Crippen molar-refractivity contribution in [1.29, 1.82) is 0 Å². The number of aromatic nitrogens is 1. The molecule has 0 aliphatic carbocycles. The summed E-state index contributed by atoms with van der Waals surface area (Å²) >= 11 is 1.34. The predicted octanol–water partition coefficient (Wildman–Crippen LogP) is 3.76. The van der Waals surface area contributed by atoms with Crippen LogP contribution in [0.4, 0.5) is 15.8 Å². The number of nitrogens with two attached hydrogens (primary N) is 1. The van der Waals surface area contributed by atoms with Crippen LogP contribution in [0.5, 0.6) is 0 Å². The molecule has 0 bridgehead atoms. The lowest BCUT2D eigenvalue weighted by atomic mass is 10.2. The summed E-state index contributed by atoms with van der Waals surface area (Å²) in [7, 11) is 0. The summed E-state index contributed by atoms with van der Waals surface area (Å²) in [5, 5.41) is 9.58. The van der Waals surface area contributed by atoms with Crippen LogP contribution in [0.3, 0.4) is 0 Å². The molecule has 2 N–H and O–H groups in total. The molecule has 0 aliphatic rings. The minimum absolute atomic E-state index is 0.524. The quantitative estimate of drug-likeness (QED) is 0.801. The van der Waals surface area contributed by atoms with E-state index in [0.29, 0.717) is 5.13 Å². The molecule has 16 heavy (non-hydrogen) atoms. The molecule has 5 heteroatoms. The van der Waals surface area contributed by atoms with Gasteiger partial charge in [0.2, 0.25) is 0 Å². The molecule has 1 aromatic heterocycles. The van der Waals surface area contributed by atoms with Gasteiger partial charge in [-0.2, -0.15) is 0 Å². The third-order valence-electron chi connectivity index (χ3n) is 2.05. The maximum atomic E-state index is 5.58. The van der Waals surface area contributed by atoms with Gasteiger partial charge in [0.1, 0.15) is 0 Å². The monoisotopic (exact) mass is 232 g/mol. The summed E-state index contributed by atoms with van der Waals surface area (Å²) in [5.41, 5.74) is 8.40. The zero-order valence-corrected chi connectivity index (χ0v) is 9.95. The van der Waals surface area contributed by atoms with Crippen molar-refractivity contribution >= 4 is 27.2 Å². The first-order valence-electron chi connectivity index (χ1n) is 4.86. The SMILES string of the molecule is Cc1cccc(N=Nc2sc(N)nc2C)c1. The molecule has 0 fully saturated rings. The van der Waals surface area contributed by atoms with Crippen molar-refractivity contribution in [3.05, 3.63) is 35.5 Å². The Kier molecular flexibility index (Phi) is 2.96. The Morgan fingerprint density at radius 1 is 1.25 bits per heavy atom. The second-order valence-electron chi connectivity index (χ2n) is 3.48. The van der Waals surface area contributed by atoms with Gasteiger partial charge < -0.3 is 5.73 Å². The first-order chi connectivity index (χ1) is 7.65. The molecule has 0 amide bonds. The molecule has 82 valence electrons. The fourth-order valence-electron chi connectivity index (χ4n) is 1.29. The Morgan fingerprint density at radius 3 is 2.69 bits per heavy atom. The lowest BCUT2D eigenvalue weighted by Crippen LogP contribution is -1.80. The molecule has 2 aromatic rings. The van der Waals surface area contributed by atoms with E-state index in [2.05, 4.69) is 15.2 Å². The first kappa shape index (κ1) is 10.8. The molecule has 0 aliphatic heterocycles. The number of azo groups is 1. The van der Waals surface area contributed by atoms with Gasteiger partial charge in [0.25, 0.3) is 0 Å². The molecular formula is C11H12N4S. The van der Waals surface area contributed by atoms with Crippen molar-refractivity contribution in [2.75, 3.05) is 5.73 Å². The Bertz CT molecular complexity index is 531. The van der Waals surface area contributed by atoms with Gasteiger partial charge in [-0.05, 0) is 31.5 Å². The minimum atomic E-state index is 0.524. The van der Waals surface area contributed by atoms with Crippen LogP contribution in [0.2, 0.25) is 0 Å². The van der Waals surface area contributed by atoms with E-state index in [1.54, 1.807) is 0 Å². The lowest BCUT2D eigenvalue weighted by molar-refractivity contribution is 1.19. The Labute approximate surface area is 97.9 Å². The van der Waals surface area contributed by atoms with Gasteiger partial charge in [0.05, 0.1) is 11.4 Å². The number of hydrogen-bond acceptors (Lipinski definition) is 5. The Balaban J connectivity index is 2.24. The zero-order valence-electron chi connectivity index (χ0n) is 9.14. The molecule has 1 aromatic carbocycles. The van der Waals surface area contributed by atoms with E-state index in [9.17, 15) is 0 Å². The van der Waals surface area contributed by atoms with Crippen LogP contribution in [0.25, 0.3) is 0 Å². The van der Waals surface area contributed by atoms with Crippen molar-refractivity contribution in [3.8, 4) is 0 Å². The number of aryl methyl sites for hydroxylation is 2. The number of rotatable bonds is 2. The average molecular weight is 232 g/mol. The normalized spacial score (nSPS) is 11.1. The van der Waals surface area contributed by atoms with E-state index in [-0.39, 0.29) is 0 Å². The van der Waals surface area contributed by atoms with Gasteiger partial charge in [-0.15, -0.1) is 10.2 Å². The van der Waals surface area contributed by atoms with Crippen LogP contribution in [-0.4, -0.2) is 4.98 Å². The smallest absolute Gasteiger partial charge is 0.182 e. The van der Waals surface area contributed by atoms with Gasteiger partial charge in [-0.1, -0.05) is 23.5 Å². The second-order valence-corrected chi connectivity index (χ2v) is 4.49. The van der Waals surface area contributed by atoms with E-state index < -0.39 is 0 Å². The summed E-state index contributed by atoms with van der Waals surface area (Å²) in [4.78, 5) is 4.08. The third-order valence-corrected chi connectivity index (χ3v) is 2.92. The highest BCUT2D eigenvalue weighted by Crippen LogP contribution is 2.30. The van der Waals surface area contributed by atoms with Crippen molar-refractivity contribution in [2.24, 2.45) is 10.2 Å². The number of nitrogens with zero attached hydrogens (tertiary/aromatic N) is 3. The number of benzene rings is 1. The minimum Gasteiger partial charge on any atom is -0.375 e. The molecule has 1 heterocycles. The topological polar surface area (TPSA) is 63.6 Å². The third kappa shape index (κ3) is 2.43. The van der Waals surface area contributed by atoms with Crippen molar-refractivity contribution < 1.29 is 0 Å². The highest BCUT2D eigenvalue weighted by molar-refractivity contribution is 7.19. The van der Waals surface area contributed by atoms with Crippen molar-refractivity contribution in [3.63, 3.8) is 0 Å². The predicted molar refractivity (Wildman–Crippen MR) is 66.6 cm³/mol. The van der Waals surface area contributed by atoms with E-state index in [1.807, 2.05) is 38.1 Å². The molecule has 2 rings (SSSR count). The van der Waals surface area contributed by atoms with Gasteiger partial charge in [0.15, 0.2) is 10.1 Å². The van der Waals surface area contributed by atoms with Crippen LogP contribution in [-0.2, 0) is 0 Å². The average Bonchev–Trinajstić information content (AvgIpc) is 2.54. The number of hydrogen-bond donors (Lipinski definition) is 1. The van der Waals surface area contributed by atoms with Gasteiger partial charge >= 0.3 is 0 Å². The summed E-state index contributed by atoms with van der Waals surface area (Å²) < 4.78 is 0. The molecule has 4 nitrogen and oxygen atoms in total. The molecule has 0 saturated carbocycles. The molecular weight excluding hydrogens is 220 g/mol. The van der Waals surface area contributed by atoms with E-state index in [1.165, 1.54) is 11.3 Å². The van der Waals surface area contributed by atoms with Crippen LogP contribution >= 0.6 is 11.3 Å².